The zero-order valence-electron chi connectivity index (χ0n) is 13.6. The molecule has 10 atom stereocenters. The summed E-state index contributed by atoms with van der Waals surface area (Å²) in [4.78, 5) is 0. The molecule has 2 rings (SSSR count). The maximum atomic E-state index is 10.2. The van der Waals surface area contributed by atoms with Gasteiger partial charge in [0.05, 0.1) is 12.2 Å². The van der Waals surface area contributed by atoms with E-state index in [1.165, 1.54) is 14.2 Å². The maximum Gasteiger partial charge on any atom is 0.187 e. The molecule has 0 aliphatic carbocycles. The first-order chi connectivity index (χ1) is 10.8. The van der Waals surface area contributed by atoms with Crippen LogP contribution in [-0.2, 0) is 23.7 Å². The molecule has 0 bridgehead atoms. The lowest BCUT2D eigenvalue weighted by Crippen LogP contribution is -2.63. The Morgan fingerprint density at radius 3 is 1.78 bits per heavy atom. The molecule has 2 aliphatic rings. The Morgan fingerprint density at radius 1 is 0.696 bits per heavy atom. The third-order valence-corrected chi connectivity index (χ3v) is 4.39. The third-order valence-electron chi connectivity index (χ3n) is 4.39. The van der Waals surface area contributed by atoms with Crippen molar-refractivity contribution in [1.82, 2.24) is 0 Å². The molecule has 0 aromatic carbocycles. The summed E-state index contributed by atoms with van der Waals surface area (Å²) in [5.74, 6) is 0. The smallest absolute Gasteiger partial charge is 0.187 e. The molecule has 2 heterocycles. The van der Waals surface area contributed by atoms with Gasteiger partial charge in [-0.05, 0) is 13.8 Å². The monoisotopic (exact) mass is 338 g/mol. The van der Waals surface area contributed by atoms with E-state index in [1.54, 1.807) is 13.8 Å². The molecule has 0 saturated carbocycles. The average molecular weight is 338 g/mol. The summed E-state index contributed by atoms with van der Waals surface area (Å²) in [6.45, 7) is 3.20. The van der Waals surface area contributed by atoms with Crippen molar-refractivity contribution in [3.8, 4) is 0 Å². The minimum Gasteiger partial charge on any atom is -0.388 e. The van der Waals surface area contributed by atoms with Crippen LogP contribution in [0.25, 0.3) is 0 Å². The summed E-state index contributed by atoms with van der Waals surface area (Å²) in [6.07, 6.45) is -9.99. The highest BCUT2D eigenvalue weighted by Crippen LogP contribution is 2.30. The van der Waals surface area contributed by atoms with Crippen molar-refractivity contribution in [2.24, 2.45) is 0 Å². The van der Waals surface area contributed by atoms with Gasteiger partial charge in [0, 0.05) is 14.2 Å². The van der Waals surface area contributed by atoms with E-state index in [0.717, 1.165) is 0 Å². The highest BCUT2D eigenvalue weighted by atomic mass is 16.7. The lowest BCUT2D eigenvalue weighted by molar-refractivity contribution is -0.353. The second kappa shape index (κ2) is 7.68. The molecule has 9 nitrogen and oxygen atoms in total. The first-order valence-electron chi connectivity index (χ1n) is 7.56. The highest BCUT2D eigenvalue weighted by Gasteiger charge is 2.50. The van der Waals surface area contributed by atoms with Crippen LogP contribution >= 0.6 is 0 Å². The fourth-order valence-corrected chi connectivity index (χ4v) is 2.94. The van der Waals surface area contributed by atoms with E-state index in [9.17, 15) is 20.4 Å². The Balaban J connectivity index is 2.15. The molecule has 0 aromatic heterocycles. The van der Waals surface area contributed by atoms with E-state index < -0.39 is 61.4 Å². The van der Waals surface area contributed by atoms with Gasteiger partial charge in [0.15, 0.2) is 12.6 Å². The van der Waals surface area contributed by atoms with Crippen molar-refractivity contribution in [3.05, 3.63) is 0 Å². The van der Waals surface area contributed by atoms with E-state index in [2.05, 4.69) is 0 Å². The summed E-state index contributed by atoms with van der Waals surface area (Å²) in [5.41, 5.74) is 0. The Morgan fingerprint density at radius 2 is 1.22 bits per heavy atom. The van der Waals surface area contributed by atoms with Gasteiger partial charge in [-0.2, -0.15) is 0 Å². The summed E-state index contributed by atoms with van der Waals surface area (Å²) in [5, 5.41) is 40.0. The van der Waals surface area contributed by atoms with E-state index in [0.29, 0.717) is 0 Å². The minimum atomic E-state index is -1.48. The van der Waals surface area contributed by atoms with Gasteiger partial charge in [-0.25, -0.2) is 0 Å². The van der Waals surface area contributed by atoms with Crippen LogP contribution in [0.3, 0.4) is 0 Å². The normalized spacial score (nSPS) is 51.7. The second-order valence-corrected chi connectivity index (χ2v) is 5.91. The van der Waals surface area contributed by atoms with Gasteiger partial charge in [-0.1, -0.05) is 0 Å². The molecule has 2 saturated heterocycles. The van der Waals surface area contributed by atoms with Crippen LogP contribution in [-0.4, -0.2) is 96.1 Å². The zero-order chi connectivity index (χ0) is 17.3. The van der Waals surface area contributed by atoms with Crippen LogP contribution in [0.1, 0.15) is 13.8 Å². The fourth-order valence-electron chi connectivity index (χ4n) is 2.94. The van der Waals surface area contributed by atoms with Gasteiger partial charge in [-0.15, -0.1) is 0 Å². The number of ether oxygens (including phenoxy) is 5. The maximum absolute atomic E-state index is 10.2. The van der Waals surface area contributed by atoms with Crippen LogP contribution in [0.4, 0.5) is 0 Å². The van der Waals surface area contributed by atoms with Crippen molar-refractivity contribution in [3.63, 3.8) is 0 Å². The number of methoxy groups -OCH3 is 2. The molecule has 4 N–H and O–H groups in total. The van der Waals surface area contributed by atoms with Gasteiger partial charge in [0.1, 0.15) is 36.6 Å². The summed E-state index contributed by atoms with van der Waals surface area (Å²) in [7, 11) is 2.84. The van der Waals surface area contributed by atoms with Crippen LogP contribution in [0, 0.1) is 0 Å². The summed E-state index contributed by atoms with van der Waals surface area (Å²) < 4.78 is 26.8. The number of hydrogen-bond acceptors (Lipinski definition) is 9. The van der Waals surface area contributed by atoms with Crippen LogP contribution in [0.15, 0.2) is 0 Å². The molecule has 0 aromatic rings. The number of hydrogen-bond donors (Lipinski definition) is 4. The van der Waals surface area contributed by atoms with Crippen molar-refractivity contribution >= 4 is 0 Å². The molecular formula is C14H26O9. The van der Waals surface area contributed by atoms with Gasteiger partial charge in [-0.3, -0.25) is 0 Å². The van der Waals surface area contributed by atoms with Gasteiger partial charge >= 0.3 is 0 Å². The SMILES string of the molecule is CO[C@@H]1[C@H](O[C@@H]2[C@@H](O)[C@H](C)O[C@@H](O)[C@@H]2O)O[C@@H](C)[C@@H](O)[C@H]1OC. The quantitative estimate of drug-likeness (QED) is 0.459. The molecule has 0 unspecified atom stereocenters. The Hall–Kier alpha value is -0.360. The van der Waals surface area contributed by atoms with Gasteiger partial charge in [0.25, 0.3) is 0 Å². The average Bonchev–Trinajstić information content (AvgIpc) is 2.52. The largest absolute Gasteiger partial charge is 0.388 e. The summed E-state index contributed by atoms with van der Waals surface area (Å²) >= 11 is 0. The van der Waals surface area contributed by atoms with Gasteiger partial charge < -0.3 is 44.1 Å². The lowest BCUT2D eigenvalue weighted by Gasteiger charge is -2.46. The van der Waals surface area contributed by atoms with Crippen LogP contribution in [0.5, 0.6) is 0 Å². The van der Waals surface area contributed by atoms with Crippen LogP contribution in [0.2, 0.25) is 0 Å². The number of rotatable bonds is 4. The Bertz CT molecular complexity index is 367. The van der Waals surface area contributed by atoms with E-state index in [4.69, 9.17) is 23.7 Å². The van der Waals surface area contributed by atoms with E-state index in [-0.39, 0.29) is 0 Å². The highest BCUT2D eigenvalue weighted by molar-refractivity contribution is 4.93. The first-order valence-corrected chi connectivity index (χ1v) is 7.56. The number of aliphatic hydroxyl groups is 4. The van der Waals surface area contributed by atoms with Crippen molar-refractivity contribution < 1.29 is 44.1 Å². The Kier molecular flexibility index (Phi) is 6.34. The molecule has 9 heteroatoms. The molecule has 2 fully saturated rings. The molecule has 0 spiro atoms. The van der Waals surface area contributed by atoms with Crippen LogP contribution < -0.4 is 0 Å². The van der Waals surface area contributed by atoms with Crippen molar-refractivity contribution in [2.45, 2.75) is 75.3 Å². The van der Waals surface area contributed by atoms with Gasteiger partial charge in [0.2, 0.25) is 0 Å². The topological polar surface area (TPSA) is 127 Å². The minimum absolute atomic E-state index is 0.604. The predicted molar refractivity (Wildman–Crippen MR) is 75.4 cm³/mol. The fraction of sp³-hybridized carbons (Fsp3) is 1.00. The third kappa shape index (κ3) is 3.68. The first kappa shape index (κ1) is 19.0. The molecular weight excluding hydrogens is 312 g/mol. The predicted octanol–water partition coefficient (Wildman–Crippen LogP) is -2.03. The van der Waals surface area contributed by atoms with Crippen molar-refractivity contribution in [1.29, 1.82) is 0 Å². The molecule has 2 aliphatic heterocycles. The molecule has 136 valence electrons. The molecule has 0 radical (unpaired) electrons. The van der Waals surface area contributed by atoms with Crippen molar-refractivity contribution in [2.75, 3.05) is 14.2 Å². The van der Waals surface area contributed by atoms with E-state index in [1.807, 2.05) is 0 Å². The lowest BCUT2D eigenvalue weighted by atomic mass is 9.97. The second-order valence-electron chi connectivity index (χ2n) is 5.91. The summed E-state index contributed by atoms with van der Waals surface area (Å²) in [6, 6.07) is 0. The molecule has 0 amide bonds. The molecule has 23 heavy (non-hydrogen) atoms. The number of aliphatic hydroxyl groups excluding tert-OH is 4. The van der Waals surface area contributed by atoms with E-state index >= 15 is 0 Å². The zero-order valence-corrected chi connectivity index (χ0v) is 13.6. The standard InChI is InChI=1S/C14H26O9/c1-5-7(15)10(9(17)13(18)21-5)23-14-12(20-4)11(19-3)8(16)6(2)22-14/h5-18H,1-4H3/t5-,6-,7-,8+,9+,10+,11+,12-,13+,14-/m0/s1. The Labute approximate surface area is 134 Å².